The molecule has 0 unspecified atom stereocenters. The molecule has 2 fully saturated rings. The fourth-order valence-electron chi connectivity index (χ4n) is 3.50. The highest BCUT2D eigenvalue weighted by Gasteiger charge is 2.73. The second-order valence-electron chi connectivity index (χ2n) is 7.02. The van der Waals surface area contributed by atoms with Crippen LogP contribution >= 0.6 is 11.8 Å². The van der Waals surface area contributed by atoms with Gasteiger partial charge in [-0.2, -0.15) is 5.26 Å². The number of methoxy groups -OCH3 is 1. The number of fused-ring (bicyclic) bond motifs is 1. The smallest absolute Gasteiger partial charge is 0.327 e. The van der Waals surface area contributed by atoms with E-state index < -0.39 is 45.1 Å². The molecule has 2 amide bonds. The predicted octanol–water partition coefficient (Wildman–Crippen LogP) is -0.674. The normalized spacial score (nSPS) is 27.5. The lowest BCUT2D eigenvalue weighted by molar-refractivity contribution is -0.201. The van der Waals surface area contributed by atoms with Gasteiger partial charge in [0, 0.05) is 30.3 Å². The first-order valence-electron chi connectivity index (χ1n) is 8.27. The molecule has 3 atom stereocenters. The SMILES string of the molecule is CO[C@@]1(NC(=O)Cn2ccc(=O)c(C#N)c2)C(=O)N2[C@@H](C(=O)O)C(C)(C)S[C@@H]21. The Hall–Kier alpha value is -2.84. The highest BCUT2D eigenvalue weighted by Crippen LogP contribution is 2.55. The molecule has 11 heteroatoms. The summed E-state index contributed by atoms with van der Waals surface area (Å²) in [6.45, 7) is 3.18. The molecule has 28 heavy (non-hydrogen) atoms. The summed E-state index contributed by atoms with van der Waals surface area (Å²) in [5, 5.41) is 20.3. The first kappa shape index (κ1) is 19.9. The number of carbonyl (C=O) groups excluding carboxylic acids is 2. The number of pyridine rings is 1. The number of nitrogens with zero attached hydrogens (tertiary/aromatic N) is 3. The summed E-state index contributed by atoms with van der Waals surface area (Å²) in [6, 6.07) is 1.88. The Labute approximate surface area is 164 Å². The Kier molecular flexibility index (Phi) is 4.73. The fraction of sp³-hybridized carbons (Fsp3) is 0.471. The van der Waals surface area contributed by atoms with Gasteiger partial charge < -0.3 is 24.6 Å². The average molecular weight is 406 g/mol. The lowest BCUT2D eigenvalue weighted by Crippen LogP contribution is -2.80. The zero-order chi connectivity index (χ0) is 20.9. The number of carboxylic acid groups (broad SMARTS) is 1. The van der Waals surface area contributed by atoms with Gasteiger partial charge in [-0.15, -0.1) is 11.8 Å². The van der Waals surface area contributed by atoms with Crippen LogP contribution in [0.5, 0.6) is 0 Å². The van der Waals surface area contributed by atoms with E-state index in [1.165, 1.54) is 46.8 Å². The van der Waals surface area contributed by atoms with Crippen LogP contribution < -0.4 is 10.7 Å². The van der Waals surface area contributed by atoms with Crippen LogP contribution in [0.2, 0.25) is 0 Å². The van der Waals surface area contributed by atoms with Gasteiger partial charge in [-0.1, -0.05) is 0 Å². The molecule has 2 saturated heterocycles. The molecule has 0 saturated carbocycles. The van der Waals surface area contributed by atoms with Crippen LogP contribution in [0.4, 0.5) is 0 Å². The Balaban J connectivity index is 1.80. The van der Waals surface area contributed by atoms with E-state index >= 15 is 0 Å². The van der Waals surface area contributed by atoms with Crippen LogP contribution in [-0.4, -0.2) is 61.4 Å². The van der Waals surface area contributed by atoms with Crippen molar-refractivity contribution < 1.29 is 24.2 Å². The van der Waals surface area contributed by atoms with Gasteiger partial charge in [0.15, 0.2) is 5.43 Å². The van der Waals surface area contributed by atoms with Crippen LogP contribution in [0.3, 0.4) is 0 Å². The number of carboxylic acids is 1. The minimum atomic E-state index is -1.67. The molecule has 10 nitrogen and oxygen atoms in total. The fourth-order valence-corrected chi connectivity index (χ4v) is 5.18. The highest BCUT2D eigenvalue weighted by molar-refractivity contribution is 8.01. The van der Waals surface area contributed by atoms with E-state index in [1.54, 1.807) is 19.9 Å². The maximum atomic E-state index is 12.8. The van der Waals surface area contributed by atoms with Crippen molar-refractivity contribution in [3.8, 4) is 6.07 Å². The molecule has 3 rings (SSSR count). The Morgan fingerprint density at radius 3 is 2.68 bits per heavy atom. The number of nitriles is 1. The first-order valence-corrected chi connectivity index (χ1v) is 9.15. The van der Waals surface area contributed by atoms with Crippen LogP contribution in [0.1, 0.15) is 19.4 Å². The monoisotopic (exact) mass is 406 g/mol. The number of carbonyl (C=O) groups is 3. The number of thioether (sulfide) groups is 1. The number of amides is 2. The summed E-state index contributed by atoms with van der Waals surface area (Å²) >= 11 is 1.24. The van der Waals surface area contributed by atoms with Crippen molar-refractivity contribution in [2.24, 2.45) is 0 Å². The van der Waals surface area contributed by atoms with E-state index in [9.17, 15) is 24.3 Å². The predicted molar refractivity (Wildman–Crippen MR) is 97.0 cm³/mol. The summed E-state index contributed by atoms with van der Waals surface area (Å²) < 4.78 is 5.92. The zero-order valence-corrected chi connectivity index (χ0v) is 16.1. The Morgan fingerprint density at radius 2 is 2.11 bits per heavy atom. The second kappa shape index (κ2) is 6.65. The molecule has 2 aliphatic rings. The third-order valence-electron chi connectivity index (χ3n) is 4.81. The maximum Gasteiger partial charge on any atom is 0.327 e. The lowest BCUT2D eigenvalue weighted by atomic mass is 9.93. The highest BCUT2D eigenvalue weighted by atomic mass is 32.2. The van der Waals surface area contributed by atoms with E-state index in [2.05, 4.69) is 5.32 Å². The summed E-state index contributed by atoms with van der Waals surface area (Å²) in [7, 11) is 1.27. The molecule has 2 N–H and O–H groups in total. The zero-order valence-electron chi connectivity index (χ0n) is 15.3. The van der Waals surface area contributed by atoms with E-state index in [0.717, 1.165) is 0 Å². The van der Waals surface area contributed by atoms with Gasteiger partial charge in [-0.3, -0.25) is 14.4 Å². The molecule has 0 aromatic carbocycles. The number of hydrogen-bond acceptors (Lipinski definition) is 7. The van der Waals surface area contributed by atoms with E-state index in [-0.39, 0.29) is 12.1 Å². The second-order valence-corrected chi connectivity index (χ2v) is 8.76. The molecule has 2 aliphatic heterocycles. The van der Waals surface area contributed by atoms with Gasteiger partial charge in [-0.25, -0.2) is 4.79 Å². The number of aliphatic carboxylic acids is 1. The van der Waals surface area contributed by atoms with Gasteiger partial charge >= 0.3 is 5.97 Å². The standard InChI is InChI=1S/C17H18N4O6S/c1-16(2)12(13(24)25)21-14(26)17(27-3,15(21)28-16)19-11(23)8-20-5-4-10(22)9(6-18)7-20/h4-5,7,12,15H,8H2,1-3H3,(H,19,23)(H,24,25)/t12-,15+,17-/m0/s1. The van der Waals surface area contributed by atoms with E-state index in [1.807, 2.05) is 0 Å². The van der Waals surface area contributed by atoms with E-state index in [0.29, 0.717) is 0 Å². The molecule has 0 aliphatic carbocycles. The number of aromatic nitrogens is 1. The number of nitrogens with one attached hydrogen (secondary N) is 1. The molecular weight excluding hydrogens is 388 g/mol. The Morgan fingerprint density at radius 1 is 1.43 bits per heavy atom. The summed E-state index contributed by atoms with van der Waals surface area (Å²) in [5.41, 5.74) is -2.23. The first-order chi connectivity index (χ1) is 13.1. The van der Waals surface area contributed by atoms with Gasteiger partial charge in [0.2, 0.25) is 5.91 Å². The number of hydrogen-bond donors (Lipinski definition) is 2. The number of rotatable bonds is 5. The van der Waals surface area contributed by atoms with E-state index in [4.69, 9.17) is 10.00 Å². The topological polar surface area (TPSA) is 142 Å². The molecule has 148 valence electrons. The van der Waals surface area contributed by atoms with Gasteiger partial charge in [0.1, 0.15) is 29.6 Å². The molecule has 0 spiro atoms. The van der Waals surface area contributed by atoms with Crippen LogP contribution in [-0.2, 0) is 25.7 Å². The molecule has 0 radical (unpaired) electrons. The molecule has 0 bridgehead atoms. The number of ether oxygens (including phenoxy) is 1. The molecule has 3 heterocycles. The minimum absolute atomic E-state index is 0.111. The third-order valence-corrected chi connectivity index (χ3v) is 6.42. The van der Waals surface area contributed by atoms with Crippen molar-refractivity contribution in [3.63, 3.8) is 0 Å². The van der Waals surface area contributed by atoms with Crippen molar-refractivity contribution in [2.45, 2.75) is 42.3 Å². The van der Waals surface area contributed by atoms with Crippen molar-refractivity contribution in [1.29, 1.82) is 5.26 Å². The van der Waals surface area contributed by atoms with Gasteiger partial charge in [-0.05, 0) is 13.8 Å². The minimum Gasteiger partial charge on any atom is -0.480 e. The largest absolute Gasteiger partial charge is 0.480 e. The average Bonchev–Trinajstić information content (AvgIpc) is 2.90. The van der Waals surface area contributed by atoms with Crippen LogP contribution in [0, 0.1) is 11.3 Å². The maximum absolute atomic E-state index is 12.8. The third kappa shape index (κ3) is 2.85. The number of β-lactam (4-membered cyclic amide) rings is 1. The van der Waals surface area contributed by atoms with Crippen LogP contribution in [0.25, 0.3) is 0 Å². The van der Waals surface area contributed by atoms with Gasteiger partial charge in [0.05, 0.1) is 0 Å². The summed E-state index contributed by atoms with van der Waals surface area (Å²) in [4.78, 5) is 49.6. The van der Waals surface area contributed by atoms with Crippen molar-refractivity contribution in [3.05, 3.63) is 34.2 Å². The van der Waals surface area contributed by atoms with Crippen molar-refractivity contribution in [1.82, 2.24) is 14.8 Å². The van der Waals surface area contributed by atoms with Gasteiger partial charge in [0.25, 0.3) is 11.6 Å². The molecular formula is C17H18N4O6S. The van der Waals surface area contributed by atoms with Crippen molar-refractivity contribution in [2.75, 3.05) is 7.11 Å². The molecule has 1 aromatic rings. The molecule has 1 aromatic heterocycles. The quantitative estimate of drug-likeness (QED) is 0.484. The van der Waals surface area contributed by atoms with Crippen LogP contribution in [0.15, 0.2) is 23.3 Å². The summed E-state index contributed by atoms with van der Waals surface area (Å²) in [5.74, 6) is -2.34. The summed E-state index contributed by atoms with van der Waals surface area (Å²) in [6.07, 6.45) is 2.59. The lowest BCUT2D eigenvalue weighted by Gasteiger charge is -2.51. The van der Waals surface area contributed by atoms with Crippen molar-refractivity contribution >= 4 is 29.5 Å². The Bertz CT molecular complexity index is 967.